The van der Waals surface area contributed by atoms with Crippen LogP contribution in [0.15, 0.2) is 10.5 Å². The van der Waals surface area contributed by atoms with Gasteiger partial charge >= 0.3 is 6.18 Å². The number of nitrogen functional groups attached to an aromatic ring is 1. The molecular weight excluding hydrogens is 424 g/mol. The first-order chi connectivity index (χ1) is 14.4. The lowest BCUT2D eigenvalue weighted by molar-refractivity contribution is -0.277. The van der Waals surface area contributed by atoms with Crippen molar-refractivity contribution in [3.05, 3.63) is 17.8 Å². The molecule has 0 saturated heterocycles. The highest BCUT2D eigenvalue weighted by Crippen LogP contribution is 2.43. The molecule has 2 aromatic heterocycles. The van der Waals surface area contributed by atoms with Crippen molar-refractivity contribution in [2.45, 2.75) is 49.9 Å². The Morgan fingerprint density at radius 1 is 1.32 bits per heavy atom. The van der Waals surface area contributed by atoms with Crippen LogP contribution in [0.3, 0.4) is 0 Å². The number of alkyl halides is 3. The summed E-state index contributed by atoms with van der Waals surface area (Å²) in [5.74, 6) is -3.14. The second kappa shape index (κ2) is 8.29. The number of rotatable bonds is 1. The van der Waals surface area contributed by atoms with E-state index in [0.717, 1.165) is 6.07 Å². The molecule has 3 heterocycles. The average molecular weight is 446 g/mol. The molecule has 1 aliphatic rings. The summed E-state index contributed by atoms with van der Waals surface area (Å²) in [6.45, 7) is 0. The third kappa shape index (κ3) is 4.40. The molecule has 1 aliphatic heterocycles. The highest BCUT2D eigenvalue weighted by atomic mass is 19.4. The normalized spacial score (nSPS) is 22.4. The molecule has 3 rings (SSSR count). The van der Waals surface area contributed by atoms with Crippen LogP contribution in [0.4, 0.5) is 29.1 Å². The van der Waals surface area contributed by atoms with Crippen LogP contribution in [-0.4, -0.2) is 57.4 Å². The van der Waals surface area contributed by atoms with Gasteiger partial charge in [0.15, 0.2) is 17.3 Å². The van der Waals surface area contributed by atoms with Crippen LogP contribution in [0, 0.1) is 5.82 Å². The van der Waals surface area contributed by atoms with Crippen molar-refractivity contribution in [3.63, 3.8) is 0 Å². The Balaban J connectivity index is 2.11. The highest BCUT2D eigenvalue weighted by molar-refractivity contribution is 5.84. The summed E-state index contributed by atoms with van der Waals surface area (Å²) in [5, 5.41) is 20.0. The molecule has 31 heavy (non-hydrogen) atoms. The Morgan fingerprint density at radius 2 is 2.03 bits per heavy atom. The van der Waals surface area contributed by atoms with Gasteiger partial charge in [-0.05, 0) is 19.3 Å². The number of anilines is 2. The van der Waals surface area contributed by atoms with Gasteiger partial charge in [0.05, 0.1) is 5.69 Å². The van der Waals surface area contributed by atoms with Gasteiger partial charge in [-0.2, -0.15) is 13.2 Å². The number of hydrogen-bond acceptors (Lipinski definition) is 8. The molecule has 13 heteroatoms. The van der Waals surface area contributed by atoms with Crippen LogP contribution in [0.25, 0.3) is 11.6 Å². The fourth-order valence-electron chi connectivity index (χ4n) is 3.27. The lowest BCUT2D eigenvalue weighted by Crippen LogP contribution is -2.42. The van der Waals surface area contributed by atoms with Gasteiger partial charge in [0, 0.05) is 20.2 Å². The lowest BCUT2D eigenvalue weighted by atomic mass is 9.94. The summed E-state index contributed by atoms with van der Waals surface area (Å²) >= 11 is 0. The third-order valence-corrected chi connectivity index (χ3v) is 5.04. The summed E-state index contributed by atoms with van der Waals surface area (Å²) in [6.07, 6.45) is -5.01. The van der Waals surface area contributed by atoms with Gasteiger partial charge in [-0.25, -0.2) is 9.37 Å². The molecule has 2 unspecified atom stereocenters. The van der Waals surface area contributed by atoms with E-state index in [9.17, 15) is 27.5 Å². The molecule has 1 amide bonds. The molecule has 0 spiro atoms. The van der Waals surface area contributed by atoms with E-state index in [1.165, 1.54) is 19.0 Å². The predicted molar refractivity (Wildman–Crippen MR) is 101 cm³/mol. The molecule has 0 aliphatic carbocycles. The van der Waals surface area contributed by atoms with Crippen molar-refractivity contribution in [2.75, 3.05) is 25.1 Å². The number of nitrogens with one attached hydrogen (secondary N) is 1. The predicted octanol–water partition coefficient (Wildman–Crippen LogP) is 2.44. The maximum absolute atomic E-state index is 14.5. The standard InChI is InChI=1S/C18H22F4N6O3/c1-28(2)15(29)11-6-4-3-5-7-17(30,18(20,21)22)16-27-26-14(31-16)12-10(23)8-9(19)13(24-11)25-12/h8,11,30H,3-7,23H2,1-2H3,(H,24,25). The van der Waals surface area contributed by atoms with E-state index in [1.807, 2.05) is 0 Å². The van der Waals surface area contributed by atoms with Crippen molar-refractivity contribution in [1.29, 1.82) is 0 Å². The Bertz CT molecular complexity index is 964. The van der Waals surface area contributed by atoms with Gasteiger partial charge in [-0.3, -0.25) is 4.79 Å². The molecule has 170 valence electrons. The number of hydrogen-bond donors (Lipinski definition) is 3. The molecule has 0 fully saturated rings. The fourth-order valence-corrected chi connectivity index (χ4v) is 3.27. The molecular formula is C18H22F4N6O3. The van der Waals surface area contributed by atoms with Crippen LogP contribution in [0.1, 0.15) is 38.0 Å². The van der Waals surface area contributed by atoms with E-state index in [0.29, 0.717) is 6.42 Å². The summed E-state index contributed by atoms with van der Waals surface area (Å²) in [7, 11) is 3.05. The number of halogens is 4. The second-order valence-corrected chi connectivity index (χ2v) is 7.56. The Morgan fingerprint density at radius 3 is 2.68 bits per heavy atom. The molecule has 9 nitrogen and oxygen atoms in total. The minimum Gasteiger partial charge on any atom is -0.416 e. The molecule has 2 aromatic rings. The van der Waals surface area contributed by atoms with Crippen LogP contribution in [-0.2, 0) is 10.4 Å². The number of aliphatic hydroxyl groups is 1. The van der Waals surface area contributed by atoms with Gasteiger partial charge in [-0.15, -0.1) is 10.2 Å². The minimum absolute atomic E-state index is 0.0311. The van der Waals surface area contributed by atoms with Crippen LogP contribution in [0.5, 0.6) is 0 Å². The number of fused-ring (bicyclic) bond motifs is 5. The van der Waals surface area contributed by atoms with Crippen LogP contribution in [0.2, 0.25) is 0 Å². The Labute approximate surface area is 174 Å². The van der Waals surface area contributed by atoms with E-state index < -0.39 is 41.8 Å². The van der Waals surface area contributed by atoms with Crippen molar-refractivity contribution >= 4 is 17.4 Å². The van der Waals surface area contributed by atoms with E-state index in [-0.39, 0.29) is 42.4 Å². The van der Waals surface area contributed by atoms with Crippen LogP contribution >= 0.6 is 0 Å². The summed E-state index contributed by atoms with van der Waals surface area (Å²) < 4.78 is 60.5. The van der Waals surface area contributed by atoms with Crippen molar-refractivity contribution in [3.8, 4) is 11.6 Å². The van der Waals surface area contributed by atoms with Crippen LogP contribution < -0.4 is 11.1 Å². The smallest absolute Gasteiger partial charge is 0.416 e. The highest BCUT2D eigenvalue weighted by Gasteiger charge is 2.58. The summed E-state index contributed by atoms with van der Waals surface area (Å²) in [4.78, 5) is 17.8. The molecule has 4 N–H and O–H groups in total. The van der Waals surface area contributed by atoms with E-state index in [4.69, 9.17) is 10.2 Å². The number of nitrogens with two attached hydrogens (primary N) is 1. The second-order valence-electron chi connectivity index (χ2n) is 7.56. The van der Waals surface area contributed by atoms with E-state index >= 15 is 0 Å². The zero-order valence-corrected chi connectivity index (χ0v) is 16.8. The first-order valence-corrected chi connectivity index (χ1v) is 9.51. The number of nitrogens with zero attached hydrogens (tertiary/aromatic N) is 4. The van der Waals surface area contributed by atoms with E-state index in [2.05, 4.69) is 20.5 Å². The van der Waals surface area contributed by atoms with Gasteiger partial charge in [0.1, 0.15) is 6.04 Å². The largest absolute Gasteiger partial charge is 0.426 e. The first kappa shape index (κ1) is 22.7. The lowest BCUT2D eigenvalue weighted by Gasteiger charge is -2.27. The number of pyridine rings is 1. The zero-order chi connectivity index (χ0) is 23.0. The maximum Gasteiger partial charge on any atom is 0.426 e. The van der Waals surface area contributed by atoms with Gasteiger partial charge in [0.25, 0.3) is 11.8 Å². The maximum atomic E-state index is 14.5. The van der Waals surface area contributed by atoms with Crippen molar-refractivity contribution < 1.29 is 31.9 Å². The van der Waals surface area contributed by atoms with Crippen molar-refractivity contribution in [1.82, 2.24) is 20.1 Å². The SMILES string of the molecule is CN(C)C(=O)C1CCCCCC(O)(C(F)(F)F)c2nnc(o2)-c2nc(c(F)cc2N)N1. The van der Waals surface area contributed by atoms with Gasteiger partial charge < -0.3 is 25.5 Å². The molecule has 4 bridgehead atoms. The molecule has 2 atom stereocenters. The quantitative estimate of drug-likeness (QED) is 0.570. The monoisotopic (exact) mass is 446 g/mol. The molecule has 0 saturated carbocycles. The Kier molecular flexibility index (Phi) is 6.07. The number of amides is 1. The van der Waals surface area contributed by atoms with E-state index in [1.54, 1.807) is 0 Å². The Hall–Kier alpha value is -2.96. The summed E-state index contributed by atoms with van der Waals surface area (Å²) in [6, 6.07) is 0.00394. The van der Waals surface area contributed by atoms with Gasteiger partial charge in [-0.1, -0.05) is 12.8 Å². The number of likely N-dealkylation sites (N-methyl/N-ethyl adjacent to an activating group) is 1. The number of carbonyl (C=O) groups excluding carboxylic acids is 1. The minimum atomic E-state index is -5.08. The third-order valence-electron chi connectivity index (χ3n) is 5.04. The molecule has 0 radical (unpaired) electrons. The zero-order valence-electron chi connectivity index (χ0n) is 16.8. The van der Waals surface area contributed by atoms with Gasteiger partial charge in [0.2, 0.25) is 11.5 Å². The summed E-state index contributed by atoms with van der Waals surface area (Å²) in [5.41, 5.74) is 1.84. The fraction of sp³-hybridized carbons (Fsp3) is 0.556. The topological polar surface area (TPSA) is 130 Å². The molecule has 0 aromatic carbocycles. The number of aromatic nitrogens is 3. The first-order valence-electron chi connectivity index (χ1n) is 9.51. The average Bonchev–Trinajstić information content (AvgIpc) is 3.16. The number of carbonyl (C=O) groups is 1. The van der Waals surface area contributed by atoms with Crippen molar-refractivity contribution in [2.24, 2.45) is 0 Å².